The Bertz CT molecular complexity index is 1540. The number of aromatic nitrogens is 3. The lowest BCUT2D eigenvalue weighted by Gasteiger charge is -2.24. The summed E-state index contributed by atoms with van der Waals surface area (Å²) in [6.07, 6.45) is 5.68. The maximum Gasteiger partial charge on any atom is 0.259 e. The molecule has 2 saturated carbocycles. The first-order valence-electron chi connectivity index (χ1n) is 12.3. The van der Waals surface area contributed by atoms with Crippen LogP contribution in [-0.4, -0.2) is 57.6 Å². The van der Waals surface area contributed by atoms with Gasteiger partial charge >= 0.3 is 0 Å². The molecular weight excluding hydrogens is 480 g/mol. The van der Waals surface area contributed by atoms with Crippen LogP contribution in [-0.2, 0) is 16.4 Å². The number of anilines is 1. The summed E-state index contributed by atoms with van der Waals surface area (Å²) in [5.41, 5.74) is 8.52. The molecule has 3 aromatic rings. The van der Waals surface area contributed by atoms with Crippen molar-refractivity contribution in [3.8, 4) is 11.3 Å². The number of nitrogens with zero attached hydrogens (tertiary/aromatic N) is 4. The van der Waals surface area contributed by atoms with Crippen molar-refractivity contribution in [3.63, 3.8) is 0 Å². The summed E-state index contributed by atoms with van der Waals surface area (Å²) >= 11 is 0. The van der Waals surface area contributed by atoms with E-state index in [1.807, 2.05) is 13.0 Å². The fraction of sp³-hybridized carbons (Fsp3) is 0.440. The van der Waals surface area contributed by atoms with E-state index < -0.39 is 9.84 Å². The molecule has 0 bridgehead atoms. The molecule has 1 aromatic carbocycles. The Kier molecular flexibility index (Phi) is 5.12. The first-order chi connectivity index (χ1) is 17.2. The molecule has 2 aromatic heterocycles. The molecule has 11 heteroatoms. The molecule has 2 aliphatic carbocycles. The van der Waals surface area contributed by atoms with E-state index in [4.69, 9.17) is 5.73 Å². The average Bonchev–Trinajstić information content (AvgIpc) is 3.78. The zero-order valence-corrected chi connectivity index (χ0v) is 21.0. The van der Waals surface area contributed by atoms with Gasteiger partial charge in [0.25, 0.3) is 11.8 Å². The lowest BCUT2D eigenvalue weighted by atomic mass is 10.0. The number of nitrogens with one attached hydrogen (secondary N) is 1. The highest BCUT2D eigenvalue weighted by Crippen LogP contribution is 2.41. The van der Waals surface area contributed by atoms with Crippen LogP contribution in [0.5, 0.6) is 0 Å². The van der Waals surface area contributed by atoms with Gasteiger partial charge in [-0.05, 0) is 62.3 Å². The van der Waals surface area contributed by atoms with Crippen molar-refractivity contribution in [2.75, 3.05) is 11.5 Å². The van der Waals surface area contributed by atoms with Crippen molar-refractivity contribution in [1.29, 1.82) is 0 Å². The fourth-order valence-electron chi connectivity index (χ4n) is 4.96. The van der Waals surface area contributed by atoms with Crippen molar-refractivity contribution in [2.45, 2.75) is 63.1 Å². The van der Waals surface area contributed by atoms with Gasteiger partial charge in [-0.2, -0.15) is 0 Å². The largest absolute Gasteiger partial charge is 0.381 e. The Morgan fingerprint density at radius 1 is 1.25 bits per heavy atom. The number of fused-ring (bicyclic) bond motifs is 2. The molecule has 0 radical (unpaired) electrons. The Labute approximate surface area is 208 Å². The molecule has 1 aliphatic heterocycles. The third kappa shape index (κ3) is 3.73. The molecule has 0 saturated heterocycles. The van der Waals surface area contributed by atoms with Crippen molar-refractivity contribution in [2.24, 2.45) is 5.92 Å². The van der Waals surface area contributed by atoms with E-state index in [1.165, 1.54) is 10.6 Å². The number of hydrogen-bond acceptors (Lipinski definition) is 7. The standard InChI is InChI=1S/C25H28N6O4S/c1-3-36(34,35)19-11-15(10-16-12-30(25(33)20(16)19)13(2)14-4-5-14)18-8-9-31-23(28-18)21(22(26)29-31)24(32)27-17-6-7-17/h8-11,13-14,17H,3-7,12H2,1-2H3,(H2,26,29)(H,27,32). The van der Waals surface area contributed by atoms with Gasteiger partial charge in [0.15, 0.2) is 21.3 Å². The van der Waals surface area contributed by atoms with Crippen LogP contribution < -0.4 is 11.1 Å². The van der Waals surface area contributed by atoms with Gasteiger partial charge in [0.1, 0.15) is 5.56 Å². The Balaban J connectivity index is 1.47. The van der Waals surface area contributed by atoms with E-state index in [-0.39, 0.29) is 51.5 Å². The fourth-order valence-corrected chi connectivity index (χ4v) is 6.11. The molecule has 188 valence electrons. The number of benzene rings is 1. The first-order valence-corrected chi connectivity index (χ1v) is 14.0. The molecule has 6 rings (SSSR count). The molecule has 36 heavy (non-hydrogen) atoms. The third-order valence-corrected chi connectivity index (χ3v) is 9.21. The van der Waals surface area contributed by atoms with E-state index in [1.54, 1.807) is 24.1 Å². The molecule has 2 fully saturated rings. The maximum absolute atomic E-state index is 13.4. The highest BCUT2D eigenvalue weighted by atomic mass is 32.2. The van der Waals surface area contributed by atoms with Gasteiger partial charge in [-0.25, -0.2) is 17.9 Å². The van der Waals surface area contributed by atoms with E-state index >= 15 is 0 Å². The number of nitrogens with two attached hydrogens (primary N) is 1. The highest BCUT2D eigenvalue weighted by Gasteiger charge is 2.41. The Morgan fingerprint density at radius 3 is 2.67 bits per heavy atom. The number of hydrogen-bond donors (Lipinski definition) is 2. The van der Waals surface area contributed by atoms with Gasteiger partial charge in [-0.1, -0.05) is 6.92 Å². The second-order valence-corrected chi connectivity index (χ2v) is 12.3. The minimum absolute atomic E-state index is 0.0365. The second-order valence-electron chi connectivity index (χ2n) is 10.0. The van der Waals surface area contributed by atoms with Crippen LogP contribution in [0.3, 0.4) is 0 Å². The quantitative estimate of drug-likeness (QED) is 0.499. The number of amides is 2. The summed E-state index contributed by atoms with van der Waals surface area (Å²) in [7, 11) is -3.68. The van der Waals surface area contributed by atoms with Gasteiger partial charge in [0.05, 0.1) is 21.9 Å². The van der Waals surface area contributed by atoms with Crippen LogP contribution in [0, 0.1) is 5.92 Å². The topological polar surface area (TPSA) is 140 Å². The van der Waals surface area contributed by atoms with Gasteiger partial charge in [-0.3, -0.25) is 9.59 Å². The lowest BCUT2D eigenvalue weighted by molar-refractivity contribution is 0.0694. The molecule has 2 amide bonds. The number of rotatable bonds is 7. The number of carbonyl (C=O) groups is 2. The smallest absolute Gasteiger partial charge is 0.259 e. The Morgan fingerprint density at radius 2 is 2.00 bits per heavy atom. The molecule has 3 aliphatic rings. The predicted octanol–water partition coefficient (Wildman–Crippen LogP) is 2.42. The average molecular weight is 509 g/mol. The van der Waals surface area contributed by atoms with E-state index in [9.17, 15) is 18.0 Å². The van der Waals surface area contributed by atoms with E-state index in [0.29, 0.717) is 34.9 Å². The zero-order valence-electron chi connectivity index (χ0n) is 20.2. The lowest BCUT2D eigenvalue weighted by Crippen LogP contribution is -2.35. The first kappa shape index (κ1) is 23.0. The van der Waals surface area contributed by atoms with Crippen molar-refractivity contribution in [1.82, 2.24) is 24.8 Å². The number of carbonyl (C=O) groups excluding carboxylic acids is 2. The monoisotopic (exact) mass is 508 g/mol. The Hall–Kier alpha value is -3.47. The van der Waals surface area contributed by atoms with Gasteiger partial charge in [0.2, 0.25) is 0 Å². The minimum atomic E-state index is -3.68. The maximum atomic E-state index is 13.4. The summed E-state index contributed by atoms with van der Waals surface area (Å²) in [5, 5.41) is 7.13. The van der Waals surface area contributed by atoms with Crippen molar-refractivity contribution in [3.05, 3.63) is 41.1 Å². The SMILES string of the molecule is CCS(=O)(=O)c1cc(-c2ccn3nc(N)c(C(=O)NC4CC4)c3n2)cc2c1C(=O)N(C(C)C1CC1)C2. The van der Waals surface area contributed by atoms with Crippen molar-refractivity contribution < 1.29 is 18.0 Å². The minimum Gasteiger partial charge on any atom is -0.381 e. The third-order valence-electron chi connectivity index (χ3n) is 7.46. The molecule has 3 heterocycles. The predicted molar refractivity (Wildman–Crippen MR) is 133 cm³/mol. The van der Waals surface area contributed by atoms with E-state index in [2.05, 4.69) is 15.4 Å². The number of sulfone groups is 1. The normalized spacial score (nSPS) is 18.5. The van der Waals surface area contributed by atoms with Crippen LogP contribution in [0.15, 0.2) is 29.3 Å². The highest BCUT2D eigenvalue weighted by molar-refractivity contribution is 7.91. The van der Waals surface area contributed by atoms with Crippen LogP contribution in [0.2, 0.25) is 0 Å². The van der Waals surface area contributed by atoms with Gasteiger partial charge in [-0.15, -0.1) is 5.10 Å². The van der Waals surface area contributed by atoms with Crippen molar-refractivity contribution >= 4 is 33.1 Å². The number of nitrogen functional groups attached to an aromatic ring is 1. The summed E-state index contributed by atoms with van der Waals surface area (Å²) < 4.78 is 27.7. The van der Waals surface area contributed by atoms with E-state index in [0.717, 1.165) is 25.7 Å². The van der Waals surface area contributed by atoms with Crippen LogP contribution in [0.25, 0.3) is 16.9 Å². The molecule has 0 spiro atoms. The van der Waals surface area contributed by atoms with Crippen LogP contribution in [0.4, 0.5) is 5.82 Å². The molecule has 1 unspecified atom stereocenters. The van der Waals surface area contributed by atoms with Gasteiger partial charge in [0, 0.05) is 30.4 Å². The van der Waals surface area contributed by atoms with Crippen LogP contribution >= 0.6 is 0 Å². The molecule has 3 N–H and O–H groups in total. The summed E-state index contributed by atoms with van der Waals surface area (Å²) in [5.74, 6) is -0.130. The second kappa shape index (κ2) is 8.02. The van der Waals surface area contributed by atoms with Gasteiger partial charge < -0.3 is 16.0 Å². The molecular formula is C25H28N6O4S. The summed E-state index contributed by atoms with van der Waals surface area (Å²) in [6.45, 7) is 3.97. The molecule has 10 nitrogen and oxygen atoms in total. The van der Waals surface area contributed by atoms with Crippen LogP contribution in [0.1, 0.15) is 65.8 Å². The summed E-state index contributed by atoms with van der Waals surface area (Å²) in [6, 6.07) is 5.27. The zero-order chi connectivity index (χ0) is 25.4. The summed E-state index contributed by atoms with van der Waals surface area (Å²) in [4.78, 5) is 32.7. The molecule has 1 atom stereocenters.